The highest BCUT2D eigenvalue weighted by atomic mass is 16.6. The first kappa shape index (κ1) is 22.7. The van der Waals surface area contributed by atoms with E-state index in [2.05, 4.69) is 0 Å². The van der Waals surface area contributed by atoms with Crippen molar-refractivity contribution >= 4 is 6.29 Å². The van der Waals surface area contributed by atoms with Gasteiger partial charge in [0.15, 0.2) is 0 Å². The van der Waals surface area contributed by atoms with Crippen molar-refractivity contribution in [1.82, 2.24) is 0 Å². The van der Waals surface area contributed by atoms with Crippen LogP contribution in [0.15, 0.2) is 35.7 Å². The van der Waals surface area contributed by atoms with Gasteiger partial charge in [0.05, 0.1) is 16.3 Å². The largest absolute Gasteiger partial charge is 0.303 e. The summed E-state index contributed by atoms with van der Waals surface area (Å²) >= 11 is 0. The molecule has 0 fully saturated rings. The molecule has 0 aromatic carbocycles. The molecule has 25 heavy (non-hydrogen) atoms. The lowest BCUT2D eigenvalue weighted by Crippen LogP contribution is -2.01. The maximum Gasteiger partial charge on any atom is 0.246 e. The summed E-state index contributed by atoms with van der Waals surface area (Å²) in [6.07, 6.45) is 15.2. The number of nitrogens with zero attached hydrogens (tertiary/aromatic N) is 2. The van der Waals surface area contributed by atoms with Crippen LogP contribution in [0, 0.1) is 20.2 Å². The summed E-state index contributed by atoms with van der Waals surface area (Å²) in [5.41, 5.74) is -0.0240. The summed E-state index contributed by atoms with van der Waals surface area (Å²) in [6.45, 7) is 1.65. The molecule has 0 saturated carbocycles. The van der Waals surface area contributed by atoms with Crippen molar-refractivity contribution in [3.8, 4) is 0 Å². The van der Waals surface area contributed by atoms with E-state index in [-0.39, 0.29) is 24.2 Å². The molecule has 0 rings (SSSR count). The van der Waals surface area contributed by atoms with E-state index in [0.29, 0.717) is 12.8 Å². The molecule has 0 N–H and O–H groups in total. The number of aldehydes is 1. The Hall–Kier alpha value is -2.31. The second kappa shape index (κ2) is 15.2. The first-order valence-corrected chi connectivity index (χ1v) is 8.78. The number of carbonyl (C=O) groups excluding carboxylic acids is 1. The van der Waals surface area contributed by atoms with E-state index >= 15 is 0 Å². The molecule has 0 aliphatic heterocycles. The first-order chi connectivity index (χ1) is 12.0. The lowest BCUT2D eigenvalue weighted by molar-refractivity contribution is -0.432. The molecule has 7 nitrogen and oxygen atoms in total. The number of hydrogen-bond donors (Lipinski definition) is 0. The van der Waals surface area contributed by atoms with E-state index < -0.39 is 9.85 Å². The summed E-state index contributed by atoms with van der Waals surface area (Å²) in [5.74, 6) is 0. The number of allylic oxidation sites excluding steroid dienone is 5. The zero-order valence-electron chi connectivity index (χ0n) is 14.9. The van der Waals surface area contributed by atoms with Gasteiger partial charge in [-0.3, -0.25) is 20.2 Å². The van der Waals surface area contributed by atoms with Crippen LogP contribution < -0.4 is 0 Å². The van der Waals surface area contributed by atoms with Crippen LogP contribution in [0.3, 0.4) is 0 Å². The van der Waals surface area contributed by atoms with Crippen LogP contribution in [0.4, 0.5) is 0 Å². The number of unbranched alkanes of at least 4 members (excludes halogenated alkanes) is 6. The summed E-state index contributed by atoms with van der Waals surface area (Å²) in [5, 5.41) is 21.7. The van der Waals surface area contributed by atoms with Crippen LogP contribution in [0.25, 0.3) is 0 Å². The Labute approximate surface area is 148 Å². The van der Waals surface area contributed by atoms with E-state index in [1.54, 1.807) is 6.92 Å². The highest BCUT2D eigenvalue weighted by molar-refractivity contribution is 5.48. The maximum absolute atomic E-state index is 11.0. The van der Waals surface area contributed by atoms with Gasteiger partial charge in [-0.15, -0.1) is 0 Å². The fraction of sp³-hybridized carbons (Fsp3) is 0.611. The average Bonchev–Trinajstić information content (AvgIpc) is 2.57. The van der Waals surface area contributed by atoms with Crippen LogP contribution in [-0.2, 0) is 4.79 Å². The molecule has 0 aliphatic carbocycles. The topological polar surface area (TPSA) is 103 Å². The molecule has 0 aliphatic rings. The van der Waals surface area contributed by atoms with Crippen molar-refractivity contribution in [2.75, 3.05) is 0 Å². The Kier molecular flexibility index (Phi) is 13.8. The van der Waals surface area contributed by atoms with Crippen LogP contribution in [0.2, 0.25) is 0 Å². The van der Waals surface area contributed by atoms with Gasteiger partial charge >= 0.3 is 0 Å². The highest BCUT2D eigenvalue weighted by Crippen LogP contribution is 2.11. The number of nitro groups is 2. The fourth-order valence-electron chi connectivity index (χ4n) is 2.24. The zero-order chi connectivity index (χ0) is 18.9. The number of hydrogen-bond acceptors (Lipinski definition) is 5. The van der Waals surface area contributed by atoms with Crippen molar-refractivity contribution in [2.24, 2.45) is 0 Å². The fourth-order valence-corrected chi connectivity index (χ4v) is 2.24. The van der Waals surface area contributed by atoms with Crippen molar-refractivity contribution in [3.63, 3.8) is 0 Å². The Morgan fingerprint density at radius 1 is 0.840 bits per heavy atom. The van der Waals surface area contributed by atoms with Crippen molar-refractivity contribution < 1.29 is 14.6 Å². The van der Waals surface area contributed by atoms with E-state index in [1.165, 1.54) is 12.2 Å². The van der Waals surface area contributed by atoms with Gasteiger partial charge in [-0.2, -0.15) is 0 Å². The monoisotopic (exact) mass is 352 g/mol. The normalized spacial score (nSPS) is 12.5. The van der Waals surface area contributed by atoms with E-state index in [9.17, 15) is 25.0 Å². The molecule has 0 saturated heterocycles. The third kappa shape index (κ3) is 12.7. The zero-order valence-corrected chi connectivity index (χ0v) is 14.9. The number of carbonyl (C=O) groups is 1. The minimum Gasteiger partial charge on any atom is -0.303 e. The van der Waals surface area contributed by atoms with Crippen molar-refractivity contribution in [3.05, 3.63) is 55.9 Å². The van der Waals surface area contributed by atoms with E-state index in [1.807, 2.05) is 12.2 Å². The Bertz CT molecular complexity index is 510. The van der Waals surface area contributed by atoms with Crippen molar-refractivity contribution in [1.29, 1.82) is 0 Å². The molecule has 0 heterocycles. The lowest BCUT2D eigenvalue weighted by atomic mass is 10.1. The minimum atomic E-state index is -0.504. The predicted octanol–water partition coefficient (Wildman–Crippen LogP) is 4.98. The van der Waals surface area contributed by atoms with E-state index in [4.69, 9.17) is 0 Å². The lowest BCUT2D eigenvalue weighted by Gasteiger charge is -1.97. The standard InChI is InChI=1S/C18H28N2O5/c1-2-17(19(22)23)14-15-18(20(24)25)13-11-9-7-5-3-4-6-8-10-12-16-21/h7,9,13-14,16H,2-6,8,10-12,15H2,1H3/b9-7-,17-14+,18-13+. The first-order valence-electron chi connectivity index (χ1n) is 8.78. The van der Waals surface area contributed by atoms with Gasteiger partial charge in [0, 0.05) is 12.8 Å². The average molecular weight is 352 g/mol. The second-order valence-corrected chi connectivity index (χ2v) is 5.68. The van der Waals surface area contributed by atoms with Gasteiger partial charge < -0.3 is 4.79 Å². The quantitative estimate of drug-likeness (QED) is 0.136. The molecule has 140 valence electrons. The summed E-state index contributed by atoms with van der Waals surface area (Å²) in [4.78, 5) is 30.8. The molecule has 0 aromatic heterocycles. The molecule has 0 aromatic rings. The van der Waals surface area contributed by atoms with Crippen LogP contribution in [-0.4, -0.2) is 16.1 Å². The molecule has 0 spiro atoms. The SMILES string of the molecule is CC/C(=C\C/C(=C\C/C=C\CCCCCCCC=O)[N+](=O)[O-])[N+](=O)[O-]. The van der Waals surface area contributed by atoms with Gasteiger partial charge in [-0.1, -0.05) is 38.3 Å². The highest BCUT2D eigenvalue weighted by Gasteiger charge is 2.12. The third-order valence-corrected chi connectivity index (χ3v) is 3.73. The third-order valence-electron chi connectivity index (χ3n) is 3.73. The molecule has 0 atom stereocenters. The van der Waals surface area contributed by atoms with E-state index in [0.717, 1.165) is 44.8 Å². The van der Waals surface area contributed by atoms with Crippen LogP contribution >= 0.6 is 0 Å². The van der Waals surface area contributed by atoms with Gasteiger partial charge in [0.25, 0.3) is 0 Å². The molecule has 0 bridgehead atoms. The molecular weight excluding hydrogens is 324 g/mol. The second-order valence-electron chi connectivity index (χ2n) is 5.68. The number of rotatable bonds is 15. The molecule has 0 radical (unpaired) electrons. The van der Waals surface area contributed by atoms with Gasteiger partial charge in [0.1, 0.15) is 6.29 Å². The van der Waals surface area contributed by atoms with Gasteiger partial charge in [-0.05, 0) is 37.8 Å². The van der Waals surface area contributed by atoms with Gasteiger partial charge in [0.2, 0.25) is 11.4 Å². The van der Waals surface area contributed by atoms with Crippen LogP contribution in [0.1, 0.15) is 71.1 Å². The van der Waals surface area contributed by atoms with Crippen LogP contribution in [0.5, 0.6) is 0 Å². The molecular formula is C18H28N2O5. The Morgan fingerprint density at radius 3 is 2.00 bits per heavy atom. The predicted molar refractivity (Wildman–Crippen MR) is 97.2 cm³/mol. The smallest absolute Gasteiger partial charge is 0.246 e. The van der Waals surface area contributed by atoms with Gasteiger partial charge in [-0.25, -0.2) is 0 Å². The summed E-state index contributed by atoms with van der Waals surface area (Å²) in [6, 6.07) is 0. The maximum atomic E-state index is 11.0. The molecule has 7 heteroatoms. The molecule has 0 unspecified atom stereocenters. The Morgan fingerprint density at radius 2 is 1.44 bits per heavy atom. The Balaban J connectivity index is 4.13. The summed E-state index contributed by atoms with van der Waals surface area (Å²) in [7, 11) is 0. The molecule has 0 amide bonds. The summed E-state index contributed by atoms with van der Waals surface area (Å²) < 4.78 is 0. The minimum absolute atomic E-state index is 0.00330. The van der Waals surface area contributed by atoms with Crippen molar-refractivity contribution in [2.45, 2.75) is 71.1 Å².